The van der Waals surface area contributed by atoms with Crippen molar-refractivity contribution in [3.8, 4) is 0 Å². The number of hydrogen-bond donors (Lipinski definition) is 2. The number of amides is 2. The van der Waals surface area contributed by atoms with E-state index in [1.807, 2.05) is 18.2 Å². The van der Waals surface area contributed by atoms with Crippen molar-refractivity contribution in [1.82, 2.24) is 10.6 Å². The second-order valence-electron chi connectivity index (χ2n) is 5.84. The molecule has 0 spiro atoms. The molecule has 21 heavy (non-hydrogen) atoms. The summed E-state index contributed by atoms with van der Waals surface area (Å²) in [6.45, 7) is 3.75. The third kappa shape index (κ3) is 2.84. The van der Waals surface area contributed by atoms with Crippen molar-refractivity contribution in [1.29, 1.82) is 0 Å². The third-order valence-corrected chi connectivity index (χ3v) is 4.35. The molecule has 1 fully saturated rings. The van der Waals surface area contributed by atoms with Crippen LogP contribution in [0.1, 0.15) is 42.7 Å². The molecule has 2 aliphatic rings. The van der Waals surface area contributed by atoms with Gasteiger partial charge in [0.05, 0.1) is 5.92 Å². The van der Waals surface area contributed by atoms with Crippen molar-refractivity contribution in [2.75, 3.05) is 0 Å². The normalized spacial score (nSPS) is 25.0. The molecule has 1 aliphatic carbocycles. The minimum absolute atomic E-state index is 0.0326. The molecule has 2 atom stereocenters. The smallest absolute Gasteiger partial charge is 0.246 e. The molecule has 1 heterocycles. The minimum Gasteiger partial charge on any atom is -0.344 e. The molecule has 1 aromatic carbocycles. The summed E-state index contributed by atoms with van der Waals surface area (Å²) in [6, 6.07) is 7.67. The van der Waals surface area contributed by atoms with Crippen LogP contribution < -0.4 is 10.6 Å². The molecule has 1 aromatic rings. The first-order chi connectivity index (χ1) is 10.1. The fourth-order valence-corrected chi connectivity index (χ4v) is 3.21. The van der Waals surface area contributed by atoms with E-state index in [1.54, 1.807) is 0 Å². The molecule has 1 aliphatic heterocycles. The Hall–Kier alpha value is -2.10. The Labute approximate surface area is 124 Å². The molecule has 4 heteroatoms. The zero-order chi connectivity index (χ0) is 14.8. The van der Waals surface area contributed by atoms with Gasteiger partial charge >= 0.3 is 0 Å². The monoisotopic (exact) mass is 284 g/mol. The first-order valence-electron chi connectivity index (χ1n) is 7.52. The van der Waals surface area contributed by atoms with Crippen LogP contribution in [0.2, 0.25) is 0 Å². The summed E-state index contributed by atoms with van der Waals surface area (Å²) in [7, 11) is 0. The van der Waals surface area contributed by atoms with E-state index in [0.29, 0.717) is 6.42 Å². The van der Waals surface area contributed by atoms with Crippen LogP contribution in [-0.4, -0.2) is 17.9 Å². The maximum atomic E-state index is 12.5. The quantitative estimate of drug-likeness (QED) is 0.873. The van der Waals surface area contributed by atoms with Crippen LogP contribution in [0.3, 0.4) is 0 Å². The van der Waals surface area contributed by atoms with Crippen LogP contribution in [0, 0.1) is 0 Å². The summed E-state index contributed by atoms with van der Waals surface area (Å²) in [5.41, 5.74) is 3.10. The highest BCUT2D eigenvalue weighted by atomic mass is 16.2. The van der Waals surface area contributed by atoms with E-state index >= 15 is 0 Å². The van der Waals surface area contributed by atoms with Crippen LogP contribution in [-0.2, 0) is 16.0 Å². The van der Waals surface area contributed by atoms with Crippen molar-refractivity contribution in [3.63, 3.8) is 0 Å². The van der Waals surface area contributed by atoms with Crippen molar-refractivity contribution >= 4 is 11.8 Å². The zero-order valence-corrected chi connectivity index (χ0v) is 12.0. The summed E-state index contributed by atoms with van der Waals surface area (Å²) in [4.78, 5) is 24.4. The van der Waals surface area contributed by atoms with Gasteiger partial charge in [0.15, 0.2) is 0 Å². The number of benzene rings is 1. The standard InChI is InChI=1S/C17H20N2O2/c1-11-9-10-15(17(21)18-11)19-16(20)14-8-4-6-12-5-2-3-7-13(12)14/h2-3,5,7,14-15H,1,4,6,8-10H2,(H,18,21)(H,19,20)/t14-,15?/m1/s1. The molecular weight excluding hydrogens is 264 g/mol. The first kappa shape index (κ1) is 13.9. The average molecular weight is 284 g/mol. The van der Waals surface area contributed by atoms with Gasteiger partial charge in [-0.3, -0.25) is 9.59 Å². The Kier molecular flexibility index (Phi) is 3.78. The van der Waals surface area contributed by atoms with Gasteiger partial charge in [-0.1, -0.05) is 30.8 Å². The maximum absolute atomic E-state index is 12.5. The lowest BCUT2D eigenvalue weighted by molar-refractivity contribution is -0.130. The van der Waals surface area contributed by atoms with Crippen LogP contribution in [0.5, 0.6) is 0 Å². The van der Waals surface area contributed by atoms with E-state index in [4.69, 9.17) is 0 Å². The first-order valence-corrected chi connectivity index (χ1v) is 7.52. The number of rotatable bonds is 2. The molecule has 3 rings (SSSR count). The Balaban J connectivity index is 1.72. The second kappa shape index (κ2) is 5.72. The largest absolute Gasteiger partial charge is 0.344 e. The van der Waals surface area contributed by atoms with E-state index in [0.717, 1.165) is 36.9 Å². The number of allylic oxidation sites excluding steroid dienone is 1. The van der Waals surface area contributed by atoms with Gasteiger partial charge in [0.25, 0.3) is 0 Å². The summed E-state index contributed by atoms with van der Waals surface area (Å²) in [5.74, 6) is -0.314. The summed E-state index contributed by atoms with van der Waals surface area (Å²) in [5, 5.41) is 5.62. The fraction of sp³-hybridized carbons (Fsp3) is 0.412. The van der Waals surface area contributed by atoms with Gasteiger partial charge in [-0.2, -0.15) is 0 Å². The molecule has 2 N–H and O–H groups in total. The Morgan fingerprint density at radius 3 is 2.86 bits per heavy atom. The van der Waals surface area contributed by atoms with Crippen LogP contribution in [0.15, 0.2) is 36.5 Å². The predicted molar refractivity (Wildman–Crippen MR) is 80.6 cm³/mol. The number of nitrogens with one attached hydrogen (secondary N) is 2. The van der Waals surface area contributed by atoms with Crippen LogP contribution in [0.25, 0.3) is 0 Å². The topological polar surface area (TPSA) is 58.2 Å². The van der Waals surface area contributed by atoms with E-state index < -0.39 is 6.04 Å². The highest BCUT2D eigenvalue weighted by Gasteiger charge is 2.31. The Morgan fingerprint density at radius 2 is 2.05 bits per heavy atom. The van der Waals surface area contributed by atoms with Crippen molar-refractivity contribution in [2.45, 2.75) is 44.1 Å². The molecule has 2 amide bonds. The third-order valence-electron chi connectivity index (χ3n) is 4.35. The van der Waals surface area contributed by atoms with Crippen molar-refractivity contribution < 1.29 is 9.59 Å². The molecule has 1 saturated heterocycles. The summed E-state index contributed by atoms with van der Waals surface area (Å²) >= 11 is 0. The average Bonchev–Trinajstić information content (AvgIpc) is 2.49. The highest BCUT2D eigenvalue weighted by molar-refractivity contribution is 5.92. The summed E-state index contributed by atoms with van der Waals surface area (Å²) < 4.78 is 0. The lowest BCUT2D eigenvalue weighted by Crippen LogP contribution is -2.50. The second-order valence-corrected chi connectivity index (χ2v) is 5.84. The van der Waals surface area contributed by atoms with Crippen LogP contribution in [0.4, 0.5) is 0 Å². The molecule has 0 saturated carbocycles. The Morgan fingerprint density at radius 1 is 1.24 bits per heavy atom. The van der Waals surface area contributed by atoms with E-state index in [-0.39, 0.29) is 17.7 Å². The molecule has 0 aromatic heterocycles. The van der Waals surface area contributed by atoms with Gasteiger partial charge in [-0.15, -0.1) is 0 Å². The minimum atomic E-state index is -0.433. The molecule has 1 unspecified atom stereocenters. The van der Waals surface area contributed by atoms with Crippen LogP contribution >= 0.6 is 0 Å². The van der Waals surface area contributed by atoms with Crippen molar-refractivity contribution in [3.05, 3.63) is 47.7 Å². The Bertz CT molecular complexity index is 594. The van der Waals surface area contributed by atoms with Gasteiger partial charge in [-0.05, 0) is 43.2 Å². The highest BCUT2D eigenvalue weighted by Crippen LogP contribution is 2.31. The van der Waals surface area contributed by atoms with Gasteiger partial charge in [0.2, 0.25) is 11.8 Å². The zero-order valence-electron chi connectivity index (χ0n) is 12.0. The fourth-order valence-electron chi connectivity index (χ4n) is 3.21. The van der Waals surface area contributed by atoms with Gasteiger partial charge < -0.3 is 10.6 Å². The van der Waals surface area contributed by atoms with Gasteiger partial charge in [0.1, 0.15) is 6.04 Å². The molecule has 0 radical (unpaired) electrons. The number of carbonyl (C=O) groups is 2. The molecule has 4 nitrogen and oxygen atoms in total. The lowest BCUT2D eigenvalue weighted by Gasteiger charge is -2.29. The summed E-state index contributed by atoms with van der Waals surface area (Å²) in [6.07, 6.45) is 4.25. The molecule has 110 valence electrons. The lowest BCUT2D eigenvalue weighted by atomic mass is 9.82. The van der Waals surface area contributed by atoms with E-state index in [2.05, 4.69) is 23.3 Å². The van der Waals surface area contributed by atoms with Gasteiger partial charge in [0, 0.05) is 5.70 Å². The molecule has 0 bridgehead atoms. The van der Waals surface area contributed by atoms with E-state index in [1.165, 1.54) is 5.56 Å². The van der Waals surface area contributed by atoms with Gasteiger partial charge in [-0.25, -0.2) is 0 Å². The predicted octanol–water partition coefficient (Wildman–Crippen LogP) is 2.01. The number of fused-ring (bicyclic) bond motifs is 1. The SMILES string of the molecule is C=C1CCC(NC(=O)[C@@H]2CCCc3ccccc32)C(=O)N1. The number of carbonyl (C=O) groups excluding carboxylic acids is 2. The van der Waals surface area contributed by atoms with Crippen molar-refractivity contribution in [2.24, 2.45) is 0 Å². The maximum Gasteiger partial charge on any atom is 0.246 e. The molecular formula is C17H20N2O2. The number of aryl methyl sites for hydroxylation is 1. The number of piperidine rings is 1. The number of hydrogen-bond acceptors (Lipinski definition) is 2. The van der Waals surface area contributed by atoms with E-state index in [9.17, 15) is 9.59 Å².